The predicted molar refractivity (Wildman–Crippen MR) is 96.8 cm³/mol. The van der Waals surface area contributed by atoms with Crippen molar-refractivity contribution in [2.45, 2.75) is 19.4 Å². The summed E-state index contributed by atoms with van der Waals surface area (Å²) < 4.78 is 1.69. The summed E-state index contributed by atoms with van der Waals surface area (Å²) in [6.07, 6.45) is 1.64. The topological polar surface area (TPSA) is 59.3 Å². The van der Waals surface area contributed by atoms with Gasteiger partial charge in [-0.05, 0) is 43.2 Å². The lowest BCUT2D eigenvalue weighted by molar-refractivity contribution is 0.597. The predicted octanol–water partition coefficient (Wildman–Crippen LogP) is 3.66. The van der Waals surface area contributed by atoms with Crippen LogP contribution in [-0.4, -0.2) is 15.3 Å². The van der Waals surface area contributed by atoms with Crippen molar-refractivity contribution in [1.82, 2.24) is 9.55 Å². The van der Waals surface area contributed by atoms with Gasteiger partial charge in [0.05, 0.1) is 16.6 Å². The molecule has 2 aromatic carbocycles. The van der Waals surface area contributed by atoms with Gasteiger partial charge >= 0.3 is 0 Å². The first-order valence-electron chi connectivity index (χ1n) is 7.80. The minimum Gasteiger partial charge on any atom is -0.291 e. The Bertz CT molecular complexity index is 995. The van der Waals surface area contributed by atoms with Gasteiger partial charge in [0.1, 0.15) is 5.71 Å². The summed E-state index contributed by atoms with van der Waals surface area (Å²) in [6.45, 7) is 0.647. The quantitative estimate of drug-likeness (QED) is 0.725. The summed E-state index contributed by atoms with van der Waals surface area (Å²) in [5.41, 5.74) is 5.31. The van der Waals surface area contributed by atoms with Crippen LogP contribution in [0.5, 0.6) is 0 Å². The third kappa shape index (κ3) is 2.67. The molecule has 120 valence electrons. The number of hydrazone groups is 1. The normalized spacial score (nSPS) is 15.5. The van der Waals surface area contributed by atoms with Crippen molar-refractivity contribution < 1.29 is 0 Å². The first-order chi connectivity index (χ1) is 11.7. The molecule has 2 heterocycles. The Hall–Kier alpha value is -2.66. The molecule has 4 rings (SSSR count). The molecule has 0 unspecified atom stereocenters. The molecule has 0 atom stereocenters. The third-order valence-electron chi connectivity index (χ3n) is 4.06. The van der Waals surface area contributed by atoms with Crippen LogP contribution >= 0.6 is 11.6 Å². The van der Waals surface area contributed by atoms with Gasteiger partial charge in [0.25, 0.3) is 5.56 Å². The van der Waals surface area contributed by atoms with E-state index in [2.05, 4.69) is 15.5 Å². The first kappa shape index (κ1) is 14.9. The molecule has 0 aliphatic carbocycles. The zero-order valence-electron chi connectivity index (χ0n) is 12.9. The van der Waals surface area contributed by atoms with Crippen molar-refractivity contribution in [2.75, 3.05) is 5.43 Å². The van der Waals surface area contributed by atoms with E-state index >= 15 is 0 Å². The Morgan fingerprint density at radius 1 is 1.17 bits per heavy atom. The van der Waals surface area contributed by atoms with E-state index < -0.39 is 0 Å². The number of aromatic nitrogens is 2. The number of hydrogen-bond donors (Lipinski definition) is 1. The van der Waals surface area contributed by atoms with Crippen LogP contribution in [-0.2, 0) is 6.54 Å². The molecule has 0 spiro atoms. The zero-order chi connectivity index (χ0) is 16.5. The van der Waals surface area contributed by atoms with Crippen LogP contribution in [0, 0.1) is 0 Å². The van der Waals surface area contributed by atoms with Crippen molar-refractivity contribution >= 4 is 33.9 Å². The molecule has 1 N–H and O–H groups in total. The zero-order valence-corrected chi connectivity index (χ0v) is 13.6. The van der Waals surface area contributed by atoms with Gasteiger partial charge in [-0.1, -0.05) is 29.8 Å². The summed E-state index contributed by atoms with van der Waals surface area (Å²) in [6, 6.07) is 14.9. The van der Waals surface area contributed by atoms with Crippen LogP contribution in [0.15, 0.2) is 58.4 Å². The second-order valence-corrected chi connectivity index (χ2v) is 6.13. The van der Waals surface area contributed by atoms with Crippen LogP contribution < -0.4 is 11.0 Å². The van der Waals surface area contributed by atoms with Gasteiger partial charge in [-0.25, -0.2) is 4.98 Å². The highest BCUT2D eigenvalue weighted by Crippen LogP contribution is 2.19. The van der Waals surface area contributed by atoms with Crippen LogP contribution in [0.2, 0.25) is 5.02 Å². The summed E-state index contributed by atoms with van der Waals surface area (Å²) >= 11 is 6.01. The Kier molecular flexibility index (Phi) is 3.78. The van der Waals surface area contributed by atoms with Gasteiger partial charge in [-0.2, -0.15) is 5.10 Å². The Morgan fingerprint density at radius 2 is 2.00 bits per heavy atom. The molecular formula is C18H15ClN4O. The van der Waals surface area contributed by atoms with Crippen LogP contribution in [0.1, 0.15) is 18.7 Å². The van der Waals surface area contributed by atoms with Crippen LogP contribution in [0.3, 0.4) is 0 Å². The molecule has 0 saturated heterocycles. The van der Waals surface area contributed by atoms with E-state index in [1.807, 2.05) is 30.3 Å². The standard InChI is InChI=1S/C18H15ClN4O/c19-12-8-9-15-14(11-12)18(24)23-10-4-7-16(17(23)20-15)22-21-13-5-2-1-3-6-13/h1-3,5-6,8-9,11,21H,4,7,10H2/b22-16-. The molecular weight excluding hydrogens is 324 g/mol. The highest BCUT2D eigenvalue weighted by molar-refractivity contribution is 6.31. The van der Waals surface area contributed by atoms with Crippen molar-refractivity contribution in [2.24, 2.45) is 5.10 Å². The summed E-state index contributed by atoms with van der Waals surface area (Å²) in [5.74, 6) is 0.629. The van der Waals surface area contributed by atoms with Crippen molar-refractivity contribution in [3.63, 3.8) is 0 Å². The largest absolute Gasteiger partial charge is 0.291 e. The molecule has 0 radical (unpaired) electrons. The van der Waals surface area contributed by atoms with Crippen LogP contribution in [0.25, 0.3) is 10.9 Å². The van der Waals surface area contributed by atoms with E-state index in [1.54, 1.807) is 22.8 Å². The third-order valence-corrected chi connectivity index (χ3v) is 4.30. The van der Waals surface area contributed by atoms with E-state index in [0.29, 0.717) is 28.3 Å². The molecule has 1 aliphatic rings. The molecule has 3 aromatic rings. The average Bonchev–Trinajstić information content (AvgIpc) is 2.62. The fourth-order valence-corrected chi connectivity index (χ4v) is 3.06. The average molecular weight is 339 g/mol. The highest BCUT2D eigenvalue weighted by atomic mass is 35.5. The fourth-order valence-electron chi connectivity index (χ4n) is 2.89. The lowest BCUT2D eigenvalue weighted by atomic mass is 10.1. The number of hydrogen-bond acceptors (Lipinski definition) is 4. The van der Waals surface area contributed by atoms with Gasteiger partial charge in [-0.15, -0.1) is 0 Å². The van der Waals surface area contributed by atoms with Gasteiger partial charge in [0, 0.05) is 11.6 Å². The Balaban J connectivity index is 1.81. The van der Waals surface area contributed by atoms with Crippen molar-refractivity contribution in [3.05, 3.63) is 69.7 Å². The number of nitrogens with zero attached hydrogens (tertiary/aromatic N) is 3. The molecule has 24 heavy (non-hydrogen) atoms. The molecule has 0 fully saturated rings. The fraction of sp³-hybridized carbons (Fsp3) is 0.167. The maximum absolute atomic E-state index is 12.7. The van der Waals surface area contributed by atoms with E-state index in [4.69, 9.17) is 11.6 Å². The molecule has 0 bridgehead atoms. The number of benzene rings is 2. The van der Waals surface area contributed by atoms with E-state index in [9.17, 15) is 4.79 Å². The number of fused-ring (bicyclic) bond motifs is 2. The van der Waals surface area contributed by atoms with Gasteiger partial charge in [-0.3, -0.25) is 14.8 Å². The van der Waals surface area contributed by atoms with E-state index in [-0.39, 0.29) is 5.56 Å². The maximum Gasteiger partial charge on any atom is 0.261 e. The van der Waals surface area contributed by atoms with Crippen molar-refractivity contribution in [3.8, 4) is 0 Å². The summed E-state index contributed by atoms with van der Waals surface area (Å²) in [7, 11) is 0. The number of halogens is 1. The van der Waals surface area contributed by atoms with Gasteiger partial charge in [0.2, 0.25) is 0 Å². The van der Waals surface area contributed by atoms with E-state index in [1.165, 1.54) is 0 Å². The SMILES string of the molecule is O=c1c2cc(Cl)ccc2nc2n1CCC/C2=N/Nc1ccccc1. The van der Waals surface area contributed by atoms with Gasteiger partial charge < -0.3 is 0 Å². The number of anilines is 1. The monoisotopic (exact) mass is 338 g/mol. The molecule has 5 nitrogen and oxygen atoms in total. The molecule has 6 heteroatoms. The minimum absolute atomic E-state index is 0.0652. The lowest BCUT2D eigenvalue weighted by Crippen LogP contribution is -2.32. The first-order valence-corrected chi connectivity index (χ1v) is 8.18. The number of nitrogens with one attached hydrogen (secondary N) is 1. The second kappa shape index (κ2) is 6.09. The molecule has 1 aliphatic heterocycles. The van der Waals surface area contributed by atoms with E-state index in [0.717, 1.165) is 24.2 Å². The van der Waals surface area contributed by atoms with Gasteiger partial charge in [0.15, 0.2) is 5.82 Å². The summed E-state index contributed by atoms with van der Waals surface area (Å²) in [4.78, 5) is 17.4. The Morgan fingerprint density at radius 3 is 2.83 bits per heavy atom. The smallest absolute Gasteiger partial charge is 0.261 e. The highest BCUT2D eigenvalue weighted by Gasteiger charge is 2.20. The minimum atomic E-state index is -0.0652. The van der Waals surface area contributed by atoms with Crippen molar-refractivity contribution in [1.29, 1.82) is 0 Å². The summed E-state index contributed by atoms with van der Waals surface area (Å²) in [5, 5.41) is 5.56. The molecule has 0 amide bonds. The number of rotatable bonds is 2. The lowest BCUT2D eigenvalue weighted by Gasteiger charge is -2.19. The second-order valence-electron chi connectivity index (χ2n) is 5.69. The van der Waals surface area contributed by atoms with Crippen LogP contribution in [0.4, 0.5) is 5.69 Å². The molecule has 1 aromatic heterocycles. The maximum atomic E-state index is 12.7. The number of para-hydroxylation sites is 1. The Labute approximate surface area is 143 Å². The molecule has 0 saturated carbocycles.